The van der Waals surface area contributed by atoms with Gasteiger partial charge in [0.1, 0.15) is 17.7 Å². The third kappa shape index (κ3) is 4.52. The highest BCUT2D eigenvalue weighted by Crippen LogP contribution is 2.29. The van der Waals surface area contributed by atoms with Gasteiger partial charge in [-0.1, -0.05) is 19.1 Å². The molecule has 0 amide bonds. The van der Waals surface area contributed by atoms with Crippen LogP contribution in [0.4, 0.5) is 16.2 Å². The molecule has 1 saturated heterocycles. The van der Waals surface area contributed by atoms with Crippen molar-refractivity contribution in [3.8, 4) is 11.1 Å². The van der Waals surface area contributed by atoms with Crippen LogP contribution in [0.25, 0.3) is 16.6 Å². The van der Waals surface area contributed by atoms with Gasteiger partial charge in [-0.15, -0.1) is 0 Å². The topological polar surface area (TPSA) is 67.4 Å². The largest absolute Gasteiger partial charge is 0.357 e. The van der Waals surface area contributed by atoms with E-state index in [0.29, 0.717) is 0 Å². The average Bonchev–Trinajstić information content (AvgIpc) is 3.57. The first-order valence-corrected chi connectivity index (χ1v) is 12.6. The summed E-state index contributed by atoms with van der Waals surface area (Å²) in [6, 6.07) is 11.0. The maximum atomic E-state index is 13.4. The Hall–Kier alpha value is -4.27. The van der Waals surface area contributed by atoms with Crippen molar-refractivity contribution in [3.05, 3.63) is 90.7 Å². The molecular weight excluding hydrogens is 467 g/mol. The van der Waals surface area contributed by atoms with E-state index in [1.54, 1.807) is 6.33 Å². The molecule has 188 valence electrons. The number of hydrogen-bond donors (Lipinski definition) is 0. The number of halogens is 1. The fraction of sp³-hybridized carbons (Fsp3) is 0.286. The van der Waals surface area contributed by atoms with E-state index in [9.17, 15) is 4.39 Å². The zero-order valence-electron chi connectivity index (χ0n) is 21.0. The van der Waals surface area contributed by atoms with Gasteiger partial charge in [-0.3, -0.25) is 0 Å². The molecule has 8 nitrogen and oxygen atoms in total. The molecule has 1 aliphatic heterocycles. The summed E-state index contributed by atoms with van der Waals surface area (Å²) in [6.45, 7) is 5.36. The van der Waals surface area contributed by atoms with Crippen molar-refractivity contribution in [2.24, 2.45) is 7.05 Å². The summed E-state index contributed by atoms with van der Waals surface area (Å²) in [7, 11) is 2.02. The lowest BCUT2D eigenvalue weighted by Gasteiger charge is -2.35. The average molecular weight is 497 g/mol. The van der Waals surface area contributed by atoms with E-state index in [2.05, 4.69) is 51.3 Å². The highest BCUT2D eigenvalue weighted by Gasteiger charge is 2.23. The molecule has 1 aliphatic rings. The molecule has 9 heteroatoms. The van der Waals surface area contributed by atoms with E-state index in [-0.39, 0.29) is 11.7 Å². The number of piperazine rings is 1. The van der Waals surface area contributed by atoms with E-state index < -0.39 is 0 Å². The van der Waals surface area contributed by atoms with Crippen LogP contribution in [0.3, 0.4) is 0 Å². The second-order valence-corrected chi connectivity index (χ2v) is 9.51. The SMILES string of the molecule is CC[C@@H](c1ccc(F)cc1)c1cnc(N2CCN(c3ncnn4cc(-c5ccn(C)c5)cc34)CC2)nc1. The van der Waals surface area contributed by atoms with E-state index in [0.717, 1.165) is 72.1 Å². The Morgan fingerprint density at radius 3 is 2.27 bits per heavy atom. The van der Waals surface area contributed by atoms with Gasteiger partial charge in [0.25, 0.3) is 0 Å². The first-order chi connectivity index (χ1) is 18.1. The van der Waals surface area contributed by atoms with Crippen LogP contribution in [0.5, 0.6) is 0 Å². The predicted molar refractivity (Wildman–Crippen MR) is 142 cm³/mol. The number of benzene rings is 1. The number of anilines is 2. The third-order valence-corrected chi connectivity index (χ3v) is 7.15. The molecule has 5 aromatic rings. The van der Waals surface area contributed by atoms with E-state index in [1.165, 1.54) is 12.1 Å². The van der Waals surface area contributed by atoms with Crippen molar-refractivity contribution in [1.29, 1.82) is 0 Å². The Kier molecular flexibility index (Phi) is 6.04. The van der Waals surface area contributed by atoms with E-state index in [4.69, 9.17) is 9.97 Å². The lowest BCUT2D eigenvalue weighted by Crippen LogP contribution is -2.47. The number of fused-ring (bicyclic) bond motifs is 1. The smallest absolute Gasteiger partial charge is 0.225 e. The third-order valence-electron chi connectivity index (χ3n) is 7.15. The Morgan fingerprint density at radius 2 is 1.59 bits per heavy atom. The van der Waals surface area contributed by atoms with Crippen molar-refractivity contribution in [3.63, 3.8) is 0 Å². The molecule has 1 aromatic carbocycles. The van der Waals surface area contributed by atoms with Gasteiger partial charge < -0.3 is 14.4 Å². The molecule has 4 aromatic heterocycles. The summed E-state index contributed by atoms with van der Waals surface area (Å²) in [5.41, 5.74) is 5.41. The zero-order chi connectivity index (χ0) is 25.4. The molecular formula is C28H29FN8. The van der Waals surface area contributed by atoms with Crippen molar-refractivity contribution in [1.82, 2.24) is 29.1 Å². The summed E-state index contributed by atoms with van der Waals surface area (Å²) >= 11 is 0. The molecule has 0 aliphatic carbocycles. The minimum absolute atomic E-state index is 0.148. The molecule has 1 atom stereocenters. The fourth-order valence-corrected chi connectivity index (χ4v) is 5.14. The number of hydrogen-bond acceptors (Lipinski definition) is 6. The van der Waals surface area contributed by atoms with Crippen molar-refractivity contribution in [2.45, 2.75) is 19.3 Å². The fourth-order valence-electron chi connectivity index (χ4n) is 5.14. The van der Waals surface area contributed by atoms with Gasteiger partial charge in [0.2, 0.25) is 5.95 Å². The van der Waals surface area contributed by atoms with Crippen LogP contribution in [0.1, 0.15) is 30.4 Å². The second-order valence-electron chi connectivity index (χ2n) is 9.51. The molecule has 6 rings (SSSR count). The van der Waals surface area contributed by atoms with Gasteiger partial charge in [-0.2, -0.15) is 5.10 Å². The summed E-state index contributed by atoms with van der Waals surface area (Å²) in [5.74, 6) is 1.60. The summed E-state index contributed by atoms with van der Waals surface area (Å²) in [5, 5.41) is 4.43. The van der Waals surface area contributed by atoms with E-state index in [1.807, 2.05) is 46.9 Å². The zero-order valence-corrected chi connectivity index (χ0v) is 21.0. The molecule has 0 saturated carbocycles. The van der Waals surface area contributed by atoms with E-state index >= 15 is 0 Å². The normalized spacial score (nSPS) is 14.9. The van der Waals surface area contributed by atoms with Crippen LogP contribution < -0.4 is 9.80 Å². The highest BCUT2D eigenvalue weighted by molar-refractivity contribution is 5.77. The lowest BCUT2D eigenvalue weighted by molar-refractivity contribution is 0.625. The van der Waals surface area contributed by atoms with Gasteiger partial charge in [-0.25, -0.2) is 23.9 Å². The number of aryl methyl sites for hydroxylation is 1. The Labute approximate surface area is 215 Å². The first kappa shape index (κ1) is 23.1. The highest BCUT2D eigenvalue weighted by atomic mass is 19.1. The summed E-state index contributed by atoms with van der Waals surface area (Å²) < 4.78 is 17.3. The molecule has 0 N–H and O–H groups in total. The standard InChI is InChI=1S/C28H29FN8/c1-3-25(20-4-6-24(29)7-5-20)23-15-30-28(31-16-23)36-12-10-35(11-13-36)27-26-14-22(18-37(26)33-19-32-27)21-8-9-34(2)17-21/h4-9,14-19,25H,3,10-13H2,1-2H3/t25-/m0/s1. The van der Waals surface area contributed by atoms with Gasteiger partial charge in [0.05, 0.1) is 0 Å². The molecule has 0 spiro atoms. The summed E-state index contributed by atoms with van der Waals surface area (Å²) in [4.78, 5) is 18.5. The molecule has 37 heavy (non-hydrogen) atoms. The molecule has 0 unspecified atom stereocenters. The maximum Gasteiger partial charge on any atom is 0.225 e. The second kappa shape index (κ2) is 9.65. The van der Waals surface area contributed by atoms with Crippen LogP contribution in [-0.4, -0.2) is 55.3 Å². The lowest BCUT2D eigenvalue weighted by atomic mass is 9.91. The maximum absolute atomic E-state index is 13.4. The monoisotopic (exact) mass is 496 g/mol. The minimum Gasteiger partial charge on any atom is -0.357 e. The first-order valence-electron chi connectivity index (χ1n) is 12.6. The predicted octanol–water partition coefficient (Wildman–Crippen LogP) is 4.53. The van der Waals surface area contributed by atoms with Crippen LogP contribution in [0, 0.1) is 5.82 Å². The Balaban J connectivity index is 1.16. The van der Waals surface area contributed by atoms with Crippen LogP contribution in [-0.2, 0) is 7.05 Å². The van der Waals surface area contributed by atoms with Gasteiger partial charge in [0.15, 0.2) is 5.82 Å². The van der Waals surface area contributed by atoms with Crippen molar-refractivity contribution >= 4 is 17.3 Å². The van der Waals surface area contributed by atoms with Crippen molar-refractivity contribution in [2.75, 3.05) is 36.0 Å². The van der Waals surface area contributed by atoms with Crippen molar-refractivity contribution < 1.29 is 4.39 Å². The van der Waals surface area contributed by atoms with Crippen LogP contribution in [0.2, 0.25) is 0 Å². The molecule has 5 heterocycles. The van der Waals surface area contributed by atoms with Crippen LogP contribution in [0.15, 0.2) is 73.7 Å². The van der Waals surface area contributed by atoms with Crippen LogP contribution >= 0.6 is 0 Å². The Bertz CT molecular complexity index is 1500. The number of aromatic nitrogens is 6. The Morgan fingerprint density at radius 1 is 0.865 bits per heavy atom. The minimum atomic E-state index is -0.222. The molecule has 1 fully saturated rings. The summed E-state index contributed by atoms with van der Waals surface area (Å²) in [6.07, 6.45) is 12.5. The van der Waals surface area contributed by atoms with Gasteiger partial charge >= 0.3 is 0 Å². The number of rotatable bonds is 6. The molecule has 0 bridgehead atoms. The molecule has 0 radical (unpaired) electrons. The number of nitrogens with zero attached hydrogens (tertiary/aromatic N) is 8. The van der Waals surface area contributed by atoms with Gasteiger partial charge in [-0.05, 0) is 41.8 Å². The van der Waals surface area contributed by atoms with Gasteiger partial charge in [0, 0.05) is 81.3 Å². The quantitative estimate of drug-likeness (QED) is 0.344.